The van der Waals surface area contributed by atoms with Crippen LogP contribution in [0.1, 0.15) is 6.92 Å². The third-order valence-corrected chi connectivity index (χ3v) is 3.51. The molecule has 1 atom stereocenters. The van der Waals surface area contributed by atoms with Gasteiger partial charge >= 0.3 is 5.97 Å². The number of guanidine groups is 1. The van der Waals surface area contributed by atoms with Crippen LogP contribution in [0.2, 0.25) is 5.02 Å². The van der Waals surface area contributed by atoms with E-state index in [2.05, 4.69) is 24.4 Å². The van der Waals surface area contributed by atoms with Crippen LogP contribution in [-0.2, 0) is 4.79 Å². The first-order valence-electron chi connectivity index (χ1n) is 6.36. The maximum atomic E-state index is 9.45. The molecule has 0 bridgehead atoms. The van der Waals surface area contributed by atoms with Gasteiger partial charge in [0.1, 0.15) is 17.1 Å². The number of carbonyl (C=O) groups is 1. The van der Waals surface area contributed by atoms with Crippen molar-refractivity contribution >= 4 is 52.0 Å². The lowest BCUT2D eigenvalue weighted by Crippen LogP contribution is -2.26. The fourth-order valence-electron chi connectivity index (χ4n) is 1.55. The summed E-state index contributed by atoms with van der Waals surface area (Å²) in [6.45, 7) is 2.83. The predicted molar refractivity (Wildman–Crippen MR) is 85.7 cm³/mol. The van der Waals surface area contributed by atoms with Crippen molar-refractivity contribution in [3.63, 3.8) is 0 Å². The van der Waals surface area contributed by atoms with Crippen LogP contribution in [0.15, 0.2) is 17.1 Å². The lowest BCUT2D eigenvalue weighted by Gasteiger charge is -2.08. The van der Waals surface area contributed by atoms with E-state index in [9.17, 15) is 4.79 Å². The van der Waals surface area contributed by atoms with Crippen LogP contribution in [0.4, 0.5) is 5.69 Å². The minimum absolute atomic E-state index is 0.622. The zero-order valence-electron chi connectivity index (χ0n) is 11.6. The minimum Gasteiger partial charge on any atom is -0.479 e. The van der Waals surface area contributed by atoms with Gasteiger partial charge in [0.25, 0.3) is 0 Å². The van der Waals surface area contributed by atoms with E-state index < -0.39 is 12.1 Å². The van der Waals surface area contributed by atoms with Crippen LogP contribution in [0.25, 0.3) is 11.0 Å². The molecule has 10 heteroatoms. The quantitative estimate of drug-likeness (QED) is 0.646. The number of rotatable bonds is 2. The van der Waals surface area contributed by atoms with E-state index in [0.717, 1.165) is 35.8 Å². The number of hydrogen-bond donors (Lipinski definition) is 4. The number of hydrogen-bond acceptors (Lipinski definition) is 8. The van der Waals surface area contributed by atoms with Gasteiger partial charge in [0.2, 0.25) is 0 Å². The minimum atomic E-state index is -1.23. The number of nitrogens with zero attached hydrogens (tertiary/aromatic N) is 3. The number of nitrogens with one attached hydrogen (secondary N) is 2. The number of carboxylic acids is 1. The molecule has 1 aromatic heterocycles. The molecule has 0 fully saturated rings. The summed E-state index contributed by atoms with van der Waals surface area (Å²) in [5, 5.41) is 22.7. The monoisotopic (exact) mass is 343 g/mol. The molecule has 118 valence electrons. The lowest BCUT2D eigenvalue weighted by atomic mass is 10.2. The van der Waals surface area contributed by atoms with Crippen molar-refractivity contribution in [1.29, 1.82) is 0 Å². The highest BCUT2D eigenvalue weighted by Crippen LogP contribution is 2.29. The standard InChI is InChI=1S/C9H8ClN5S.C3H6O3/c10-5-1-2-6-8(15-16-14-6)7(5)13-9-11-3-4-12-9;1-2(4)3(5)6/h1-2H,3-4H2,(H2,11,12,13);2,4H,1H3,(H,5,6). The van der Waals surface area contributed by atoms with E-state index in [1.807, 2.05) is 12.1 Å². The topological polar surface area (TPSA) is 120 Å². The number of aliphatic carboxylic acids is 1. The average Bonchev–Trinajstić information content (AvgIpc) is 3.13. The molecule has 1 aliphatic rings. The first-order valence-corrected chi connectivity index (χ1v) is 7.47. The molecule has 1 aromatic carbocycles. The zero-order chi connectivity index (χ0) is 16.1. The molecule has 0 aliphatic carbocycles. The number of anilines is 1. The fourth-order valence-corrected chi connectivity index (χ4v) is 2.29. The van der Waals surface area contributed by atoms with Crippen molar-refractivity contribution in [1.82, 2.24) is 14.1 Å². The number of aliphatic imine (C=N–C) groups is 1. The molecule has 0 saturated heterocycles. The highest BCUT2D eigenvalue weighted by Gasteiger charge is 2.13. The summed E-state index contributed by atoms with van der Waals surface area (Å²) < 4.78 is 8.39. The maximum absolute atomic E-state index is 9.45. The second-order valence-corrected chi connectivity index (χ2v) is 5.29. The fraction of sp³-hybridized carbons (Fsp3) is 0.333. The normalized spacial score (nSPS) is 14.6. The molecule has 1 aliphatic heterocycles. The number of aliphatic hydroxyl groups is 1. The molecule has 22 heavy (non-hydrogen) atoms. The number of halogens is 1. The number of benzene rings is 1. The molecular weight excluding hydrogens is 330 g/mol. The number of carboxylic acid groups (broad SMARTS) is 1. The Balaban J connectivity index is 0.000000254. The average molecular weight is 344 g/mol. The van der Waals surface area contributed by atoms with Crippen molar-refractivity contribution in [2.24, 2.45) is 4.99 Å². The molecule has 2 aromatic rings. The van der Waals surface area contributed by atoms with Gasteiger partial charge < -0.3 is 20.8 Å². The van der Waals surface area contributed by atoms with Crippen LogP contribution in [0.5, 0.6) is 0 Å². The summed E-state index contributed by atoms with van der Waals surface area (Å²) in [5.74, 6) is -0.447. The Kier molecular flexibility index (Phi) is 5.47. The molecule has 0 spiro atoms. The maximum Gasteiger partial charge on any atom is 0.332 e. The van der Waals surface area contributed by atoms with Crippen LogP contribution in [-0.4, -0.2) is 50.1 Å². The van der Waals surface area contributed by atoms with Gasteiger partial charge in [0, 0.05) is 6.54 Å². The van der Waals surface area contributed by atoms with Gasteiger partial charge in [-0.05, 0) is 19.1 Å². The number of fused-ring (bicyclic) bond motifs is 1. The summed E-state index contributed by atoms with van der Waals surface area (Å²) in [4.78, 5) is 13.7. The third-order valence-electron chi connectivity index (χ3n) is 2.65. The number of aliphatic hydroxyl groups excluding tert-OH is 1. The molecule has 2 heterocycles. The van der Waals surface area contributed by atoms with E-state index >= 15 is 0 Å². The first kappa shape index (κ1) is 16.4. The SMILES string of the molecule is CC(O)C(=O)O.Clc1ccc2nsnc2c1NC1=NCCN1. The Hall–Kier alpha value is -1.97. The van der Waals surface area contributed by atoms with Crippen molar-refractivity contribution in [3.8, 4) is 0 Å². The second-order valence-electron chi connectivity index (χ2n) is 4.35. The van der Waals surface area contributed by atoms with Gasteiger partial charge in [-0.15, -0.1) is 0 Å². The van der Waals surface area contributed by atoms with Gasteiger partial charge in [-0.25, -0.2) is 4.79 Å². The van der Waals surface area contributed by atoms with Crippen molar-refractivity contribution < 1.29 is 15.0 Å². The molecule has 3 rings (SSSR count). The van der Waals surface area contributed by atoms with Crippen molar-refractivity contribution in [2.75, 3.05) is 18.4 Å². The Labute approximate surface area is 135 Å². The van der Waals surface area contributed by atoms with Crippen LogP contribution >= 0.6 is 23.3 Å². The van der Waals surface area contributed by atoms with E-state index in [1.165, 1.54) is 18.7 Å². The van der Waals surface area contributed by atoms with E-state index in [0.29, 0.717) is 5.02 Å². The van der Waals surface area contributed by atoms with Crippen LogP contribution < -0.4 is 10.6 Å². The Morgan fingerprint density at radius 1 is 1.50 bits per heavy atom. The summed E-state index contributed by atoms with van der Waals surface area (Å²) in [7, 11) is 0. The summed E-state index contributed by atoms with van der Waals surface area (Å²) >= 11 is 7.30. The summed E-state index contributed by atoms with van der Waals surface area (Å²) in [6, 6.07) is 3.67. The van der Waals surface area contributed by atoms with Gasteiger partial charge in [-0.1, -0.05) is 11.6 Å². The molecule has 0 radical (unpaired) electrons. The Bertz CT molecular complexity index is 703. The largest absolute Gasteiger partial charge is 0.479 e. The molecule has 8 nitrogen and oxygen atoms in total. The van der Waals surface area contributed by atoms with Crippen molar-refractivity contribution in [3.05, 3.63) is 17.2 Å². The third kappa shape index (κ3) is 4.03. The first-order chi connectivity index (χ1) is 10.5. The molecule has 0 amide bonds. The lowest BCUT2D eigenvalue weighted by molar-refractivity contribution is -0.145. The number of aromatic nitrogens is 2. The predicted octanol–water partition coefficient (Wildman–Crippen LogP) is 1.17. The van der Waals surface area contributed by atoms with Crippen molar-refractivity contribution in [2.45, 2.75) is 13.0 Å². The van der Waals surface area contributed by atoms with E-state index in [4.69, 9.17) is 21.8 Å². The zero-order valence-corrected chi connectivity index (χ0v) is 13.1. The van der Waals surface area contributed by atoms with Gasteiger partial charge in [-0.2, -0.15) is 8.75 Å². The molecule has 1 unspecified atom stereocenters. The van der Waals surface area contributed by atoms with Crippen LogP contribution in [0.3, 0.4) is 0 Å². The highest BCUT2D eigenvalue weighted by molar-refractivity contribution is 7.00. The Morgan fingerprint density at radius 2 is 2.23 bits per heavy atom. The smallest absolute Gasteiger partial charge is 0.332 e. The van der Waals surface area contributed by atoms with Gasteiger partial charge in [-0.3, -0.25) is 4.99 Å². The highest BCUT2D eigenvalue weighted by atomic mass is 35.5. The molecule has 0 saturated carbocycles. The Morgan fingerprint density at radius 3 is 2.82 bits per heavy atom. The van der Waals surface area contributed by atoms with E-state index in [1.54, 1.807) is 0 Å². The summed E-state index contributed by atoms with van der Waals surface area (Å²) in [5.41, 5.74) is 2.39. The molecule has 4 N–H and O–H groups in total. The van der Waals surface area contributed by atoms with E-state index in [-0.39, 0.29) is 0 Å². The van der Waals surface area contributed by atoms with Gasteiger partial charge in [0.05, 0.1) is 29.0 Å². The summed E-state index contributed by atoms with van der Waals surface area (Å²) in [6.07, 6.45) is -1.23. The van der Waals surface area contributed by atoms with Crippen LogP contribution in [0, 0.1) is 0 Å². The second kappa shape index (κ2) is 7.34. The molecular formula is C12H14ClN5O3S. The van der Waals surface area contributed by atoms with Gasteiger partial charge in [0.15, 0.2) is 5.96 Å².